The van der Waals surface area contributed by atoms with Crippen LogP contribution in [0.4, 0.5) is 0 Å². The van der Waals surface area contributed by atoms with E-state index in [1.165, 1.54) is 0 Å². The van der Waals surface area contributed by atoms with E-state index in [2.05, 4.69) is 0 Å². The number of nitrogens with two attached hydrogens (primary N) is 1. The molecular weight excluding hydrogens is 871 g/mol. The van der Waals surface area contributed by atoms with E-state index >= 15 is 0 Å². The van der Waals surface area contributed by atoms with Crippen LogP contribution in [0.1, 0.15) is 175 Å². The number of rotatable bonds is 49. The highest BCUT2D eigenvalue weighted by atomic mass is 16.9. The molecule has 0 aromatic carbocycles. The molecule has 404 valence electrons. The van der Waals surface area contributed by atoms with E-state index < -0.39 is 46.9 Å². The topological polar surface area (TPSA) is 174 Å². The first-order valence-corrected chi connectivity index (χ1v) is 26.3. The summed E-state index contributed by atoms with van der Waals surface area (Å²) in [6.07, 6.45) is 8.35. The molecule has 0 heterocycles. The summed E-state index contributed by atoms with van der Waals surface area (Å²) in [5.41, 5.74) is 7.37. The van der Waals surface area contributed by atoms with Gasteiger partial charge in [0.2, 0.25) is 0 Å². The molecule has 0 aliphatic rings. The number of hydrogen-bond donors (Lipinski definition) is 1. The van der Waals surface area contributed by atoms with Gasteiger partial charge in [-0.25, -0.2) is 0 Å². The maximum Gasteiger partial charge on any atom is 0.301 e. The quantitative estimate of drug-likeness (QED) is 0.0450. The van der Waals surface area contributed by atoms with Crippen LogP contribution >= 0.6 is 0 Å². The summed E-state index contributed by atoms with van der Waals surface area (Å²) in [6, 6.07) is 0. The first kappa shape index (κ1) is 66.3. The highest BCUT2D eigenvalue weighted by Crippen LogP contribution is 2.59. The standard InChI is InChI=1S/C50H103NO16/c1-17-52-43(41-39-37-35-33-34-36-38-40-42-44(53-18-2,54-19-3)55-20-4)45(56-21-5,57-22-6)46(58-23-7,59-24-8)47(60-25-9,61-26-10)48(62-27-11,63-28-12)49(64-29-13,65-30-14)50(51,66-31-15)67-32-16/h43H,17-42,51H2,1-16H3. The van der Waals surface area contributed by atoms with Crippen molar-refractivity contribution in [3.8, 4) is 0 Å². The van der Waals surface area contributed by atoms with Gasteiger partial charge in [-0.2, -0.15) is 0 Å². The lowest BCUT2D eigenvalue weighted by Gasteiger charge is -2.65. The molecule has 1 unspecified atom stereocenters. The van der Waals surface area contributed by atoms with Gasteiger partial charge in [0.25, 0.3) is 35.0 Å². The fourth-order valence-corrected chi connectivity index (χ4v) is 9.26. The fourth-order valence-electron chi connectivity index (χ4n) is 9.26. The van der Waals surface area contributed by atoms with Gasteiger partial charge in [0.1, 0.15) is 6.10 Å². The Balaban J connectivity index is 8.00. The van der Waals surface area contributed by atoms with Crippen LogP contribution in [0.25, 0.3) is 0 Å². The van der Waals surface area contributed by atoms with Gasteiger partial charge in [0.05, 0.1) is 0 Å². The third-order valence-electron chi connectivity index (χ3n) is 11.0. The summed E-state index contributed by atoms with van der Waals surface area (Å²) >= 11 is 0. The van der Waals surface area contributed by atoms with Crippen molar-refractivity contribution in [2.75, 3.05) is 106 Å². The molecule has 0 fully saturated rings. The van der Waals surface area contributed by atoms with E-state index in [4.69, 9.17) is 81.5 Å². The molecule has 0 saturated carbocycles. The first-order valence-electron chi connectivity index (χ1n) is 26.3. The molecule has 1 atom stereocenters. The Morgan fingerprint density at radius 1 is 0.284 bits per heavy atom. The summed E-state index contributed by atoms with van der Waals surface area (Å²) in [5, 5.41) is 0. The molecule has 0 rings (SSSR count). The van der Waals surface area contributed by atoms with Crippen LogP contribution in [0.2, 0.25) is 0 Å². The van der Waals surface area contributed by atoms with Crippen molar-refractivity contribution < 1.29 is 75.8 Å². The van der Waals surface area contributed by atoms with E-state index in [-0.39, 0.29) is 79.3 Å². The van der Waals surface area contributed by atoms with Crippen molar-refractivity contribution in [3.05, 3.63) is 0 Å². The third kappa shape index (κ3) is 16.2. The van der Waals surface area contributed by atoms with Gasteiger partial charge in [-0.15, -0.1) is 0 Å². The molecule has 0 spiro atoms. The number of hydrogen-bond acceptors (Lipinski definition) is 17. The van der Waals surface area contributed by atoms with Crippen molar-refractivity contribution in [2.45, 2.75) is 222 Å². The second kappa shape index (κ2) is 36.3. The zero-order valence-corrected chi connectivity index (χ0v) is 45.6. The van der Waals surface area contributed by atoms with Gasteiger partial charge in [0.15, 0.2) is 0 Å². The summed E-state index contributed by atoms with van der Waals surface area (Å²) in [4.78, 5) is 0. The minimum atomic E-state index is -2.43. The Morgan fingerprint density at radius 2 is 0.567 bits per heavy atom. The van der Waals surface area contributed by atoms with E-state index in [0.29, 0.717) is 39.3 Å². The largest absolute Gasteiger partial charge is 0.373 e. The zero-order chi connectivity index (χ0) is 50.8. The Morgan fingerprint density at radius 3 is 0.896 bits per heavy atom. The second-order valence-electron chi connectivity index (χ2n) is 15.3. The second-order valence-corrected chi connectivity index (χ2v) is 15.3. The Labute approximate surface area is 408 Å². The van der Waals surface area contributed by atoms with Crippen LogP contribution in [0.5, 0.6) is 0 Å². The van der Waals surface area contributed by atoms with E-state index in [9.17, 15) is 0 Å². The molecule has 17 heteroatoms. The van der Waals surface area contributed by atoms with E-state index in [1.807, 2.05) is 69.2 Å². The summed E-state index contributed by atoms with van der Waals surface area (Å²) in [6.45, 7) is 32.1. The normalized spacial score (nSPS) is 14.1. The summed E-state index contributed by atoms with van der Waals surface area (Å²) in [7, 11) is 0. The molecule has 0 saturated heterocycles. The Kier molecular flexibility index (Phi) is 35.9. The minimum absolute atomic E-state index is 0.000967. The van der Waals surface area contributed by atoms with Gasteiger partial charge in [-0.1, -0.05) is 44.9 Å². The molecule has 2 N–H and O–H groups in total. The molecule has 0 aromatic rings. The molecule has 0 aliphatic carbocycles. The molecule has 67 heavy (non-hydrogen) atoms. The van der Waals surface area contributed by atoms with Gasteiger partial charge in [-0.3, -0.25) is 5.73 Å². The van der Waals surface area contributed by atoms with Crippen molar-refractivity contribution >= 4 is 0 Å². The van der Waals surface area contributed by atoms with Gasteiger partial charge in [-0.05, 0) is 124 Å². The minimum Gasteiger partial charge on any atom is -0.373 e. The highest BCUT2D eigenvalue weighted by Gasteiger charge is 2.88. The SMILES string of the molecule is CCOC(CCCCCCCCCCC(OCC)(OCC)OCC)C(OCC)(OCC)C(OCC)(OCC)C(OCC)(OCC)C(OCC)(OCC)C(OCC)(OCC)C(N)(OCC)OCC. The maximum atomic E-state index is 7.37. The van der Waals surface area contributed by atoms with Crippen LogP contribution in [0.3, 0.4) is 0 Å². The Hall–Kier alpha value is -0.680. The van der Waals surface area contributed by atoms with Crippen molar-refractivity contribution in [3.63, 3.8) is 0 Å². The van der Waals surface area contributed by atoms with Crippen molar-refractivity contribution in [1.29, 1.82) is 0 Å². The fraction of sp³-hybridized carbons (Fsp3) is 1.00. The van der Waals surface area contributed by atoms with Gasteiger partial charge < -0.3 is 75.8 Å². The Bertz CT molecular complexity index is 1110. The molecule has 0 radical (unpaired) electrons. The lowest BCUT2D eigenvalue weighted by Crippen LogP contribution is -2.91. The molecule has 0 bridgehead atoms. The van der Waals surface area contributed by atoms with Crippen molar-refractivity contribution in [1.82, 2.24) is 0 Å². The van der Waals surface area contributed by atoms with Gasteiger partial charge in [0, 0.05) is 112 Å². The van der Waals surface area contributed by atoms with Crippen LogP contribution in [0.15, 0.2) is 0 Å². The van der Waals surface area contributed by atoms with Crippen molar-refractivity contribution in [2.24, 2.45) is 5.73 Å². The lowest BCUT2D eigenvalue weighted by atomic mass is 9.78. The molecule has 0 amide bonds. The average Bonchev–Trinajstić information content (AvgIpc) is 3.29. The van der Waals surface area contributed by atoms with Crippen LogP contribution in [-0.2, 0) is 75.8 Å². The maximum absolute atomic E-state index is 7.37. The molecule has 0 aliphatic heterocycles. The molecule has 0 aromatic heterocycles. The highest BCUT2D eigenvalue weighted by molar-refractivity contribution is 5.18. The monoisotopic (exact) mass is 974 g/mol. The lowest BCUT2D eigenvalue weighted by molar-refractivity contribution is -0.599. The molecule has 17 nitrogen and oxygen atoms in total. The van der Waals surface area contributed by atoms with E-state index in [0.717, 1.165) is 51.4 Å². The number of unbranched alkanes of at least 4 members (excludes halogenated alkanes) is 7. The predicted molar refractivity (Wildman–Crippen MR) is 259 cm³/mol. The van der Waals surface area contributed by atoms with Crippen LogP contribution in [0, 0.1) is 0 Å². The summed E-state index contributed by atoms with van der Waals surface area (Å²) < 4.78 is 108. The summed E-state index contributed by atoms with van der Waals surface area (Å²) in [5.74, 6) is -14.6. The smallest absolute Gasteiger partial charge is 0.301 e. The number of ether oxygens (including phenoxy) is 16. The third-order valence-corrected chi connectivity index (χ3v) is 11.0. The zero-order valence-electron chi connectivity index (χ0n) is 45.6. The predicted octanol–water partition coefficient (Wildman–Crippen LogP) is 9.59. The van der Waals surface area contributed by atoms with Gasteiger partial charge >= 0.3 is 5.79 Å². The van der Waals surface area contributed by atoms with Crippen LogP contribution in [-0.4, -0.2) is 153 Å². The average molecular weight is 974 g/mol. The molecular formula is C50H103NO16. The van der Waals surface area contributed by atoms with E-state index in [1.54, 1.807) is 41.5 Å². The van der Waals surface area contributed by atoms with Crippen LogP contribution < -0.4 is 5.73 Å². The first-order chi connectivity index (χ1) is 32.3.